The largest absolute Gasteiger partial charge is 0.417 e. The zero-order valence-corrected chi connectivity index (χ0v) is 14.7. The van der Waals surface area contributed by atoms with Crippen LogP contribution in [0.2, 0.25) is 5.02 Å². The number of halogens is 4. The van der Waals surface area contributed by atoms with Crippen LogP contribution in [0.4, 0.5) is 13.2 Å². The molecular weight excluding hydrogens is 371 g/mol. The van der Waals surface area contributed by atoms with Gasteiger partial charge < -0.3 is 5.32 Å². The maximum absolute atomic E-state index is 13.3. The first kappa shape index (κ1) is 17.0. The Kier molecular flexibility index (Phi) is 4.15. The summed E-state index contributed by atoms with van der Waals surface area (Å²) in [5, 5.41) is 3.06. The Morgan fingerprint density at radius 2 is 1.96 bits per heavy atom. The SMILES string of the molecule is O=C1CCCC2=C1C(c1ccc(Cl)c(C(F)(F)F)c1)C1=C(CCS1)N2. The average Bonchev–Trinajstić information content (AvgIpc) is 3.01. The van der Waals surface area contributed by atoms with Crippen molar-refractivity contribution in [2.24, 2.45) is 0 Å². The van der Waals surface area contributed by atoms with E-state index in [9.17, 15) is 18.0 Å². The monoisotopic (exact) mass is 385 g/mol. The number of allylic oxidation sites excluding steroid dienone is 4. The smallest absolute Gasteiger partial charge is 0.361 e. The summed E-state index contributed by atoms with van der Waals surface area (Å²) in [6.07, 6.45) is -1.68. The van der Waals surface area contributed by atoms with Crippen LogP contribution < -0.4 is 5.32 Å². The third kappa shape index (κ3) is 2.89. The van der Waals surface area contributed by atoms with Gasteiger partial charge in [-0.15, -0.1) is 11.8 Å². The van der Waals surface area contributed by atoms with Gasteiger partial charge in [0.1, 0.15) is 0 Å². The first-order valence-electron chi connectivity index (χ1n) is 8.12. The normalized spacial score (nSPS) is 23.5. The van der Waals surface area contributed by atoms with E-state index < -0.39 is 17.7 Å². The molecule has 0 bridgehead atoms. The lowest BCUT2D eigenvalue weighted by Crippen LogP contribution is -2.30. The van der Waals surface area contributed by atoms with Crippen molar-refractivity contribution in [1.29, 1.82) is 0 Å². The molecule has 0 aromatic heterocycles. The summed E-state index contributed by atoms with van der Waals surface area (Å²) in [6, 6.07) is 4.01. The van der Waals surface area contributed by atoms with Crippen LogP contribution >= 0.6 is 23.4 Å². The molecule has 3 aliphatic rings. The number of hydrogen-bond acceptors (Lipinski definition) is 3. The molecule has 132 valence electrons. The van der Waals surface area contributed by atoms with E-state index in [0.29, 0.717) is 17.6 Å². The number of Topliss-reactive ketones (excluding diaryl/α,β-unsaturated/α-hetero) is 1. The maximum Gasteiger partial charge on any atom is 0.417 e. The van der Waals surface area contributed by atoms with Crippen molar-refractivity contribution < 1.29 is 18.0 Å². The van der Waals surface area contributed by atoms with Gasteiger partial charge in [-0.2, -0.15) is 13.2 Å². The zero-order valence-electron chi connectivity index (χ0n) is 13.2. The summed E-state index contributed by atoms with van der Waals surface area (Å²) < 4.78 is 39.8. The van der Waals surface area contributed by atoms with Crippen LogP contribution in [-0.4, -0.2) is 11.5 Å². The number of benzene rings is 1. The molecule has 2 nitrogen and oxygen atoms in total. The van der Waals surface area contributed by atoms with E-state index in [0.717, 1.165) is 47.4 Å². The van der Waals surface area contributed by atoms with Gasteiger partial charge >= 0.3 is 6.18 Å². The van der Waals surface area contributed by atoms with E-state index in [1.165, 1.54) is 6.07 Å². The highest BCUT2D eigenvalue weighted by Gasteiger charge is 2.40. The second-order valence-electron chi connectivity index (χ2n) is 6.41. The Bertz CT molecular complexity index is 828. The Hall–Kier alpha value is -1.40. The molecule has 1 unspecified atom stereocenters. The van der Waals surface area contributed by atoms with Gasteiger partial charge in [-0.1, -0.05) is 17.7 Å². The number of rotatable bonds is 1. The molecule has 1 atom stereocenters. The number of carbonyl (C=O) groups is 1. The summed E-state index contributed by atoms with van der Waals surface area (Å²) in [7, 11) is 0. The van der Waals surface area contributed by atoms with E-state index in [1.54, 1.807) is 17.8 Å². The number of ketones is 1. The van der Waals surface area contributed by atoms with Crippen LogP contribution in [0.25, 0.3) is 0 Å². The Labute approximate surface area is 152 Å². The van der Waals surface area contributed by atoms with Crippen molar-refractivity contribution in [2.45, 2.75) is 37.8 Å². The number of carbonyl (C=O) groups excluding carboxylic acids is 1. The molecule has 1 N–H and O–H groups in total. The van der Waals surface area contributed by atoms with Gasteiger partial charge in [0.15, 0.2) is 5.78 Å². The summed E-state index contributed by atoms with van der Waals surface area (Å²) in [6.45, 7) is 0. The van der Waals surface area contributed by atoms with Crippen molar-refractivity contribution in [2.75, 3.05) is 5.75 Å². The standard InChI is InChI=1S/C18H15ClF3NOS/c19-11-5-4-9(8-10(11)18(20,21)22)15-16-12(2-1-3-14(16)24)23-13-6-7-25-17(13)15/h4-5,8,15,23H,1-3,6-7H2. The molecule has 1 aromatic rings. The number of nitrogens with one attached hydrogen (secondary N) is 1. The minimum atomic E-state index is -4.52. The second-order valence-corrected chi connectivity index (χ2v) is 7.95. The van der Waals surface area contributed by atoms with Crippen LogP contribution in [0, 0.1) is 0 Å². The van der Waals surface area contributed by atoms with E-state index in [2.05, 4.69) is 5.32 Å². The minimum Gasteiger partial charge on any atom is -0.361 e. The summed E-state index contributed by atoms with van der Waals surface area (Å²) in [4.78, 5) is 13.5. The fourth-order valence-corrected chi connectivity index (χ4v) is 5.25. The highest BCUT2D eigenvalue weighted by molar-refractivity contribution is 8.03. The predicted octanol–water partition coefficient (Wildman–Crippen LogP) is 5.40. The van der Waals surface area contributed by atoms with Crippen molar-refractivity contribution in [3.05, 3.63) is 56.2 Å². The van der Waals surface area contributed by atoms with Crippen LogP contribution in [0.3, 0.4) is 0 Å². The van der Waals surface area contributed by atoms with Gasteiger partial charge in [-0.25, -0.2) is 0 Å². The van der Waals surface area contributed by atoms with E-state index >= 15 is 0 Å². The topological polar surface area (TPSA) is 29.1 Å². The molecule has 1 aliphatic carbocycles. The Morgan fingerprint density at radius 1 is 1.16 bits per heavy atom. The fraction of sp³-hybridized carbons (Fsp3) is 0.389. The second kappa shape index (κ2) is 6.09. The molecule has 2 aliphatic heterocycles. The lowest BCUT2D eigenvalue weighted by atomic mass is 9.79. The summed E-state index contributed by atoms with van der Waals surface area (Å²) in [5.74, 6) is 0.494. The van der Waals surface area contributed by atoms with Gasteiger partial charge in [0.25, 0.3) is 0 Å². The molecule has 0 fully saturated rings. The van der Waals surface area contributed by atoms with Gasteiger partial charge in [-0.05, 0) is 37.0 Å². The average molecular weight is 386 g/mol. The van der Waals surface area contributed by atoms with E-state index in [4.69, 9.17) is 11.6 Å². The lowest BCUT2D eigenvalue weighted by Gasteiger charge is -2.33. The quantitative estimate of drug-likeness (QED) is 0.701. The van der Waals surface area contributed by atoms with Crippen LogP contribution in [0.15, 0.2) is 40.1 Å². The molecule has 7 heteroatoms. The molecule has 0 saturated heterocycles. The first-order valence-corrected chi connectivity index (χ1v) is 9.48. The van der Waals surface area contributed by atoms with Crippen molar-refractivity contribution in [1.82, 2.24) is 5.32 Å². The third-order valence-electron chi connectivity index (χ3n) is 4.84. The summed E-state index contributed by atoms with van der Waals surface area (Å²) in [5.41, 5.74) is 2.21. The molecule has 25 heavy (non-hydrogen) atoms. The van der Waals surface area contributed by atoms with E-state index in [-0.39, 0.29) is 10.8 Å². The number of dihydropyridines is 1. The molecule has 4 rings (SSSR count). The molecule has 0 amide bonds. The third-order valence-corrected chi connectivity index (χ3v) is 6.38. The maximum atomic E-state index is 13.3. The van der Waals surface area contributed by atoms with Gasteiger partial charge in [0, 0.05) is 40.0 Å². The van der Waals surface area contributed by atoms with Gasteiger partial charge in [-0.3, -0.25) is 4.79 Å². The fourth-order valence-electron chi connectivity index (χ4n) is 3.75. The van der Waals surface area contributed by atoms with Crippen LogP contribution in [-0.2, 0) is 11.0 Å². The molecule has 0 saturated carbocycles. The van der Waals surface area contributed by atoms with E-state index in [1.807, 2.05) is 0 Å². The predicted molar refractivity (Wildman–Crippen MR) is 92.3 cm³/mol. The van der Waals surface area contributed by atoms with Gasteiger partial charge in [0.2, 0.25) is 0 Å². The molecule has 0 spiro atoms. The Balaban J connectivity index is 1.88. The van der Waals surface area contributed by atoms with Crippen molar-refractivity contribution >= 4 is 29.1 Å². The number of alkyl halides is 3. The van der Waals surface area contributed by atoms with Crippen molar-refractivity contribution in [3.63, 3.8) is 0 Å². The summed E-state index contributed by atoms with van der Waals surface area (Å²) >= 11 is 7.39. The first-order chi connectivity index (χ1) is 11.9. The van der Waals surface area contributed by atoms with Gasteiger partial charge in [0.05, 0.1) is 10.6 Å². The highest BCUT2D eigenvalue weighted by atomic mass is 35.5. The van der Waals surface area contributed by atoms with Crippen LogP contribution in [0.5, 0.6) is 0 Å². The van der Waals surface area contributed by atoms with Crippen molar-refractivity contribution in [3.8, 4) is 0 Å². The molecule has 1 aromatic carbocycles. The molecule has 0 radical (unpaired) electrons. The van der Waals surface area contributed by atoms with Crippen LogP contribution in [0.1, 0.15) is 42.7 Å². The minimum absolute atomic E-state index is 0.0290. The number of hydrogen-bond donors (Lipinski definition) is 1. The Morgan fingerprint density at radius 3 is 2.72 bits per heavy atom. The molecular formula is C18H15ClF3NOS. The lowest BCUT2D eigenvalue weighted by molar-refractivity contribution is -0.137. The highest BCUT2D eigenvalue weighted by Crippen LogP contribution is 2.50. The number of thioether (sulfide) groups is 1. The zero-order chi connectivity index (χ0) is 17.8. The molecule has 2 heterocycles.